The zero-order chi connectivity index (χ0) is 17.2. The molecule has 0 radical (unpaired) electrons. The van der Waals surface area contributed by atoms with Gasteiger partial charge in [0.1, 0.15) is 0 Å². The van der Waals surface area contributed by atoms with E-state index in [0.29, 0.717) is 41.7 Å². The normalized spacial score (nSPS) is 16.7. The van der Waals surface area contributed by atoms with Crippen LogP contribution in [-0.4, -0.2) is 29.1 Å². The molecule has 0 atom stereocenters. The van der Waals surface area contributed by atoms with Gasteiger partial charge in [-0.25, -0.2) is 4.79 Å². The Morgan fingerprint density at radius 2 is 1.71 bits per heavy atom. The Morgan fingerprint density at radius 3 is 2.33 bits per heavy atom. The second-order valence-electron chi connectivity index (χ2n) is 5.97. The molecule has 3 rings (SSSR count). The highest BCUT2D eigenvalue weighted by Gasteiger charge is 2.35. The van der Waals surface area contributed by atoms with Gasteiger partial charge in [-0.2, -0.15) is 0 Å². The van der Waals surface area contributed by atoms with Crippen LogP contribution in [0.4, 0.5) is 10.5 Å². The van der Waals surface area contributed by atoms with Crippen molar-refractivity contribution in [1.82, 2.24) is 4.90 Å². The first-order valence-electron chi connectivity index (χ1n) is 7.76. The van der Waals surface area contributed by atoms with Crippen molar-refractivity contribution in [2.24, 2.45) is 0 Å². The van der Waals surface area contributed by atoms with Crippen LogP contribution in [-0.2, 0) is 5.60 Å². The SMILES string of the molecule is O=C(Nc1cccc(Cl)c1)N1CCC(O)(c2ccc(Cl)cc2)CC1. The topological polar surface area (TPSA) is 52.6 Å². The lowest BCUT2D eigenvalue weighted by Crippen LogP contribution is -2.46. The van der Waals surface area contributed by atoms with Crippen LogP contribution in [0.3, 0.4) is 0 Å². The van der Waals surface area contributed by atoms with Gasteiger partial charge in [0.25, 0.3) is 0 Å². The van der Waals surface area contributed by atoms with E-state index in [9.17, 15) is 9.90 Å². The molecule has 0 unspecified atom stereocenters. The van der Waals surface area contributed by atoms with Gasteiger partial charge in [-0.15, -0.1) is 0 Å². The van der Waals surface area contributed by atoms with Crippen molar-refractivity contribution in [3.8, 4) is 0 Å². The third-order valence-corrected chi connectivity index (χ3v) is 4.82. The second kappa shape index (κ2) is 7.01. The number of nitrogens with zero attached hydrogens (tertiary/aromatic N) is 1. The van der Waals surface area contributed by atoms with Crippen LogP contribution >= 0.6 is 23.2 Å². The molecule has 1 aliphatic heterocycles. The first kappa shape index (κ1) is 17.1. The van der Waals surface area contributed by atoms with E-state index in [4.69, 9.17) is 23.2 Å². The van der Waals surface area contributed by atoms with E-state index in [-0.39, 0.29) is 6.03 Å². The molecule has 0 bridgehead atoms. The van der Waals surface area contributed by atoms with Crippen molar-refractivity contribution >= 4 is 34.9 Å². The molecule has 1 saturated heterocycles. The number of carbonyl (C=O) groups is 1. The van der Waals surface area contributed by atoms with E-state index in [1.807, 2.05) is 12.1 Å². The molecule has 1 fully saturated rings. The Kier molecular flexibility index (Phi) is 4.99. The molecule has 2 aromatic carbocycles. The zero-order valence-corrected chi connectivity index (χ0v) is 14.5. The first-order valence-corrected chi connectivity index (χ1v) is 8.52. The summed E-state index contributed by atoms with van der Waals surface area (Å²) in [6, 6.07) is 14.1. The smallest absolute Gasteiger partial charge is 0.321 e. The van der Waals surface area contributed by atoms with Crippen molar-refractivity contribution in [2.75, 3.05) is 18.4 Å². The van der Waals surface area contributed by atoms with Gasteiger partial charge < -0.3 is 15.3 Å². The van der Waals surface area contributed by atoms with Gasteiger partial charge in [0, 0.05) is 28.8 Å². The zero-order valence-electron chi connectivity index (χ0n) is 13.0. The minimum Gasteiger partial charge on any atom is -0.385 e. The molecular formula is C18H18Cl2N2O2. The van der Waals surface area contributed by atoms with Gasteiger partial charge in [-0.3, -0.25) is 0 Å². The maximum atomic E-state index is 12.3. The molecule has 0 aromatic heterocycles. The Bertz CT molecular complexity index is 726. The highest BCUT2D eigenvalue weighted by atomic mass is 35.5. The fraction of sp³-hybridized carbons (Fsp3) is 0.278. The summed E-state index contributed by atoms with van der Waals surface area (Å²) in [4.78, 5) is 14.0. The molecule has 24 heavy (non-hydrogen) atoms. The number of hydrogen-bond acceptors (Lipinski definition) is 2. The van der Waals surface area contributed by atoms with Gasteiger partial charge in [-0.1, -0.05) is 41.4 Å². The minimum absolute atomic E-state index is 0.185. The van der Waals surface area contributed by atoms with Gasteiger partial charge in [-0.05, 0) is 48.7 Å². The summed E-state index contributed by atoms with van der Waals surface area (Å²) in [5.74, 6) is 0. The highest BCUT2D eigenvalue weighted by Crippen LogP contribution is 2.33. The van der Waals surface area contributed by atoms with E-state index in [1.54, 1.807) is 41.3 Å². The average molecular weight is 365 g/mol. The van der Waals surface area contributed by atoms with Gasteiger partial charge in [0.05, 0.1) is 5.60 Å². The summed E-state index contributed by atoms with van der Waals surface area (Å²) in [5.41, 5.74) is 0.574. The standard InChI is InChI=1S/C18H18Cl2N2O2/c19-14-6-4-13(5-7-14)18(24)8-10-22(11-9-18)17(23)21-16-3-1-2-15(20)12-16/h1-7,12,24H,8-11H2,(H,21,23). The van der Waals surface area contributed by atoms with Crippen LogP contribution in [0.15, 0.2) is 48.5 Å². The van der Waals surface area contributed by atoms with Crippen LogP contribution in [0, 0.1) is 0 Å². The van der Waals surface area contributed by atoms with Crippen molar-refractivity contribution in [3.63, 3.8) is 0 Å². The first-order chi connectivity index (χ1) is 11.5. The molecular weight excluding hydrogens is 347 g/mol. The van der Waals surface area contributed by atoms with Crippen molar-refractivity contribution < 1.29 is 9.90 Å². The monoisotopic (exact) mass is 364 g/mol. The lowest BCUT2D eigenvalue weighted by Gasteiger charge is -2.38. The summed E-state index contributed by atoms with van der Waals surface area (Å²) in [5, 5.41) is 14.9. The summed E-state index contributed by atoms with van der Waals surface area (Å²) in [6.45, 7) is 0.955. The van der Waals surface area contributed by atoms with Crippen molar-refractivity contribution in [3.05, 3.63) is 64.1 Å². The maximum Gasteiger partial charge on any atom is 0.321 e. The fourth-order valence-corrected chi connectivity index (χ4v) is 3.21. The Balaban J connectivity index is 1.62. The number of carbonyl (C=O) groups excluding carboxylic acids is 1. The molecule has 0 spiro atoms. The Hall–Kier alpha value is -1.75. The fourth-order valence-electron chi connectivity index (χ4n) is 2.90. The third-order valence-electron chi connectivity index (χ3n) is 4.34. The molecule has 2 aromatic rings. The second-order valence-corrected chi connectivity index (χ2v) is 6.84. The molecule has 4 nitrogen and oxygen atoms in total. The van der Waals surface area contributed by atoms with E-state index in [0.717, 1.165) is 5.56 Å². The Labute approximate surface area is 151 Å². The average Bonchev–Trinajstić information content (AvgIpc) is 2.56. The molecule has 1 aliphatic rings. The van der Waals surface area contributed by atoms with Crippen LogP contribution in [0.5, 0.6) is 0 Å². The number of aliphatic hydroxyl groups is 1. The van der Waals surface area contributed by atoms with E-state index >= 15 is 0 Å². The van der Waals surface area contributed by atoms with E-state index in [1.165, 1.54) is 0 Å². The predicted molar refractivity (Wildman–Crippen MR) is 96.6 cm³/mol. The number of nitrogens with one attached hydrogen (secondary N) is 1. The Morgan fingerprint density at radius 1 is 1.04 bits per heavy atom. The number of likely N-dealkylation sites (tertiary alicyclic amines) is 1. The number of hydrogen-bond donors (Lipinski definition) is 2. The minimum atomic E-state index is -0.919. The quantitative estimate of drug-likeness (QED) is 0.823. The number of halogens is 2. The van der Waals surface area contributed by atoms with Gasteiger partial charge in [0.2, 0.25) is 0 Å². The van der Waals surface area contributed by atoms with Crippen molar-refractivity contribution in [2.45, 2.75) is 18.4 Å². The summed E-state index contributed by atoms with van der Waals surface area (Å²) >= 11 is 11.8. The van der Waals surface area contributed by atoms with Crippen LogP contribution in [0.1, 0.15) is 18.4 Å². The molecule has 1 heterocycles. The number of rotatable bonds is 2. The molecule has 0 aliphatic carbocycles. The number of benzene rings is 2. The number of amides is 2. The lowest BCUT2D eigenvalue weighted by atomic mass is 9.84. The molecule has 126 valence electrons. The predicted octanol–water partition coefficient (Wildman–Crippen LogP) is 4.51. The molecule has 0 saturated carbocycles. The largest absolute Gasteiger partial charge is 0.385 e. The lowest BCUT2D eigenvalue weighted by molar-refractivity contribution is -0.0156. The van der Waals surface area contributed by atoms with Crippen LogP contribution in [0.2, 0.25) is 10.0 Å². The summed E-state index contributed by atoms with van der Waals surface area (Å²) in [7, 11) is 0. The van der Waals surface area contributed by atoms with Crippen molar-refractivity contribution in [1.29, 1.82) is 0 Å². The molecule has 2 N–H and O–H groups in total. The van der Waals surface area contributed by atoms with E-state index in [2.05, 4.69) is 5.32 Å². The summed E-state index contributed by atoms with van der Waals surface area (Å²) in [6.07, 6.45) is 0.967. The number of urea groups is 1. The van der Waals surface area contributed by atoms with Gasteiger partial charge >= 0.3 is 6.03 Å². The highest BCUT2D eigenvalue weighted by molar-refractivity contribution is 6.31. The number of anilines is 1. The van der Waals surface area contributed by atoms with Crippen LogP contribution < -0.4 is 5.32 Å². The third kappa shape index (κ3) is 3.83. The molecule has 2 amide bonds. The van der Waals surface area contributed by atoms with E-state index < -0.39 is 5.60 Å². The summed E-state index contributed by atoms with van der Waals surface area (Å²) < 4.78 is 0. The maximum absolute atomic E-state index is 12.3. The number of piperidine rings is 1. The van der Waals surface area contributed by atoms with Gasteiger partial charge in [0.15, 0.2) is 0 Å². The molecule has 6 heteroatoms. The van der Waals surface area contributed by atoms with Crippen LogP contribution in [0.25, 0.3) is 0 Å².